The molecule has 0 aliphatic heterocycles. The zero-order valence-electron chi connectivity index (χ0n) is 19.4. The Morgan fingerprint density at radius 3 is 2.32 bits per heavy atom. The van der Waals surface area contributed by atoms with Gasteiger partial charge in [-0.25, -0.2) is 30.0 Å². The van der Waals surface area contributed by atoms with Crippen LogP contribution in [-0.2, 0) is 36.2 Å². The van der Waals surface area contributed by atoms with Gasteiger partial charge in [0.25, 0.3) is 20.0 Å². The Labute approximate surface area is 210 Å². The topological polar surface area (TPSA) is 115 Å². The fraction of sp³-hybridized carbons (Fsp3) is 0.227. The van der Waals surface area contributed by atoms with Crippen molar-refractivity contribution in [3.8, 4) is 11.3 Å². The molecule has 0 amide bonds. The number of anilines is 1. The van der Waals surface area contributed by atoms with Crippen LogP contribution >= 0.6 is 0 Å². The minimum absolute atomic E-state index is 0.0427. The maximum absolute atomic E-state index is 14.6. The van der Waals surface area contributed by atoms with E-state index >= 15 is 0 Å². The molecule has 0 aliphatic carbocycles. The second kappa shape index (κ2) is 10.5. The molecule has 2 aromatic carbocycles. The van der Waals surface area contributed by atoms with Crippen LogP contribution in [0.2, 0.25) is 0 Å². The summed E-state index contributed by atoms with van der Waals surface area (Å²) in [5.41, 5.74) is -0.292. The molecule has 15 heteroatoms. The van der Waals surface area contributed by atoms with Crippen molar-refractivity contribution in [1.82, 2.24) is 9.29 Å². The monoisotopic (exact) mass is 563 g/mol. The number of hydrogen-bond donors (Lipinski definition) is 1. The highest BCUT2D eigenvalue weighted by Crippen LogP contribution is 2.31. The van der Waals surface area contributed by atoms with Gasteiger partial charge in [-0.3, -0.25) is 0 Å². The Balaban J connectivity index is 2.17. The Bertz CT molecular complexity index is 1520. The molecule has 0 atom stereocenters. The van der Waals surface area contributed by atoms with Crippen LogP contribution in [0, 0.1) is 5.82 Å². The normalized spacial score (nSPS) is 12.4. The number of carbonyl (C=O) groups excluding carboxylic acids is 1. The summed E-state index contributed by atoms with van der Waals surface area (Å²) in [6.07, 6.45) is -4.29. The third-order valence-electron chi connectivity index (χ3n) is 4.97. The fourth-order valence-electron chi connectivity index (χ4n) is 3.25. The molecular weight excluding hydrogens is 542 g/mol. The molecular formula is C22H21F4N3O6S2. The van der Waals surface area contributed by atoms with Gasteiger partial charge in [-0.2, -0.15) is 13.2 Å². The van der Waals surface area contributed by atoms with Crippen LogP contribution in [-0.4, -0.2) is 45.8 Å². The molecule has 1 N–H and O–H groups in total. The molecule has 0 saturated heterocycles. The first-order valence-corrected chi connectivity index (χ1v) is 13.6. The molecule has 0 radical (unpaired) electrons. The fourth-order valence-corrected chi connectivity index (χ4v) is 5.53. The number of aromatic nitrogens is 1. The first kappa shape index (κ1) is 28.1. The highest BCUT2D eigenvalue weighted by Gasteiger charge is 2.44. The smallest absolute Gasteiger partial charge is 0.317 e. The SMILES string of the molecule is CCS(=O)(=O)N(OC(=O)C(F)(F)F)c1cccc(S(=O)(=O)n2cc(CNC)cc2-c2ccccc2F)c1. The van der Waals surface area contributed by atoms with Gasteiger partial charge < -0.3 is 10.2 Å². The Morgan fingerprint density at radius 1 is 1.05 bits per heavy atom. The van der Waals surface area contributed by atoms with Crippen molar-refractivity contribution < 1.29 is 44.0 Å². The lowest BCUT2D eigenvalue weighted by atomic mass is 10.1. The highest BCUT2D eigenvalue weighted by atomic mass is 32.2. The van der Waals surface area contributed by atoms with Crippen molar-refractivity contribution in [1.29, 1.82) is 0 Å². The molecule has 1 aromatic heterocycles. The van der Waals surface area contributed by atoms with E-state index in [0.717, 1.165) is 41.2 Å². The van der Waals surface area contributed by atoms with Crippen LogP contribution in [0.3, 0.4) is 0 Å². The zero-order chi connectivity index (χ0) is 27.6. The third kappa shape index (κ3) is 5.94. The second-order valence-electron chi connectivity index (χ2n) is 7.55. The maximum atomic E-state index is 14.6. The highest BCUT2D eigenvalue weighted by molar-refractivity contribution is 7.92. The summed E-state index contributed by atoms with van der Waals surface area (Å²) in [5, 5.41) is 2.84. The van der Waals surface area contributed by atoms with Crippen LogP contribution < -0.4 is 9.79 Å². The van der Waals surface area contributed by atoms with Crippen LogP contribution in [0.25, 0.3) is 11.3 Å². The number of sulfonamides is 1. The average molecular weight is 564 g/mol. The van der Waals surface area contributed by atoms with Gasteiger partial charge in [0.15, 0.2) is 0 Å². The maximum Gasteiger partial charge on any atom is 0.493 e. The van der Waals surface area contributed by atoms with Crippen molar-refractivity contribution in [2.24, 2.45) is 0 Å². The summed E-state index contributed by atoms with van der Waals surface area (Å²) < 4.78 is 105. The third-order valence-corrected chi connectivity index (χ3v) is 8.16. The van der Waals surface area contributed by atoms with E-state index < -0.39 is 54.3 Å². The molecule has 3 aromatic rings. The van der Waals surface area contributed by atoms with Crippen molar-refractivity contribution in [3.63, 3.8) is 0 Å². The number of nitrogens with zero attached hydrogens (tertiary/aromatic N) is 2. The lowest BCUT2D eigenvalue weighted by Crippen LogP contribution is -2.39. The van der Waals surface area contributed by atoms with Gasteiger partial charge in [-0.1, -0.05) is 22.7 Å². The molecule has 200 valence electrons. The number of alkyl halides is 3. The van der Waals surface area contributed by atoms with Crippen molar-refractivity contribution >= 4 is 31.7 Å². The van der Waals surface area contributed by atoms with E-state index in [4.69, 9.17) is 0 Å². The molecule has 0 fully saturated rings. The van der Waals surface area contributed by atoms with E-state index in [2.05, 4.69) is 10.2 Å². The quantitative estimate of drug-likeness (QED) is 0.313. The summed E-state index contributed by atoms with van der Waals surface area (Å²) in [6, 6.07) is 10.7. The van der Waals surface area contributed by atoms with Gasteiger partial charge in [0.1, 0.15) is 5.82 Å². The minimum atomic E-state index is -5.52. The predicted octanol–water partition coefficient (Wildman–Crippen LogP) is 3.43. The number of rotatable bonds is 9. The molecule has 0 aliphatic rings. The van der Waals surface area contributed by atoms with E-state index in [1.54, 1.807) is 7.05 Å². The second-order valence-corrected chi connectivity index (χ2v) is 11.4. The molecule has 9 nitrogen and oxygen atoms in total. The molecule has 3 rings (SSSR count). The molecule has 0 spiro atoms. The van der Waals surface area contributed by atoms with E-state index in [-0.39, 0.29) is 22.3 Å². The number of halogens is 4. The molecule has 1 heterocycles. The average Bonchev–Trinajstić information content (AvgIpc) is 3.26. The van der Waals surface area contributed by atoms with E-state index in [9.17, 15) is 39.2 Å². The molecule has 0 saturated carbocycles. The largest absolute Gasteiger partial charge is 0.493 e. The van der Waals surface area contributed by atoms with Gasteiger partial charge in [-0.15, -0.1) is 0 Å². The van der Waals surface area contributed by atoms with Crippen molar-refractivity contribution in [2.75, 3.05) is 17.3 Å². The molecule has 37 heavy (non-hydrogen) atoms. The van der Waals surface area contributed by atoms with Crippen LogP contribution in [0.1, 0.15) is 12.5 Å². The lowest BCUT2D eigenvalue weighted by Gasteiger charge is -2.23. The van der Waals surface area contributed by atoms with Gasteiger partial charge in [0.2, 0.25) is 0 Å². The van der Waals surface area contributed by atoms with Crippen molar-refractivity contribution in [2.45, 2.75) is 24.5 Å². The number of hydrogen-bond acceptors (Lipinski definition) is 7. The Morgan fingerprint density at radius 2 is 1.73 bits per heavy atom. The van der Waals surface area contributed by atoms with Crippen molar-refractivity contribution in [3.05, 3.63) is 72.2 Å². The van der Waals surface area contributed by atoms with Crippen LogP contribution in [0.4, 0.5) is 23.2 Å². The number of carbonyl (C=O) groups is 1. The first-order valence-electron chi connectivity index (χ1n) is 10.5. The predicted molar refractivity (Wildman–Crippen MR) is 126 cm³/mol. The van der Waals surface area contributed by atoms with Gasteiger partial charge in [0.05, 0.1) is 22.0 Å². The number of benzene rings is 2. The van der Waals surface area contributed by atoms with E-state index in [1.807, 2.05) is 0 Å². The summed E-state index contributed by atoms with van der Waals surface area (Å²) >= 11 is 0. The molecule has 0 bridgehead atoms. The number of nitrogens with one attached hydrogen (secondary N) is 1. The minimum Gasteiger partial charge on any atom is -0.317 e. The van der Waals surface area contributed by atoms with Gasteiger partial charge in [-0.05, 0) is 55.9 Å². The summed E-state index contributed by atoms with van der Waals surface area (Å²) in [7, 11) is -7.57. The van der Waals surface area contributed by atoms with Gasteiger partial charge >= 0.3 is 12.1 Å². The van der Waals surface area contributed by atoms with E-state index in [0.29, 0.717) is 5.56 Å². The lowest BCUT2D eigenvalue weighted by molar-refractivity contribution is -0.199. The zero-order valence-corrected chi connectivity index (χ0v) is 21.0. The standard InChI is InChI=1S/C22H21F4N3O6S2/c1-3-36(31,32)29(35-21(30)22(24,25)26)16-7-6-8-17(12-16)37(33,34)28-14-15(13-27-2)11-20(28)18-9-4-5-10-19(18)23/h4-12,14,27H,3,13H2,1-2H3. The molecule has 0 unspecified atom stereocenters. The summed E-state index contributed by atoms with van der Waals surface area (Å²) in [4.78, 5) is 14.9. The summed E-state index contributed by atoms with van der Waals surface area (Å²) in [6.45, 7) is 1.31. The van der Waals surface area contributed by atoms with E-state index in [1.165, 1.54) is 30.5 Å². The van der Waals surface area contributed by atoms with Crippen LogP contribution in [0.15, 0.2) is 65.7 Å². The Kier molecular flexibility index (Phi) is 8.00. The van der Waals surface area contributed by atoms with Gasteiger partial charge in [0, 0.05) is 18.3 Å². The first-order chi connectivity index (χ1) is 17.2. The summed E-state index contributed by atoms with van der Waals surface area (Å²) in [5.74, 6) is -4.29. The van der Waals surface area contributed by atoms with Crippen LogP contribution in [0.5, 0.6) is 0 Å². The Hall–Kier alpha value is -3.43.